The molecule has 0 radical (unpaired) electrons. The Morgan fingerprint density at radius 2 is 2.31 bits per heavy atom. The van der Waals surface area contributed by atoms with Crippen molar-refractivity contribution in [3.05, 3.63) is 41.2 Å². The van der Waals surface area contributed by atoms with Crippen molar-refractivity contribution in [1.29, 1.82) is 5.26 Å². The second kappa shape index (κ2) is 4.68. The van der Waals surface area contributed by atoms with Gasteiger partial charge >= 0.3 is 0 Å². The van der Waals surface area contributed by atoms with Crippen LogP contribution in [0.1, 0.15) is 11.1 Å². The van der Waals surface area contributed by atoms with Gasteiger partial charge in [0.2, 0.25) is 0 Å². The molecule has 0 heterocycles. The number of thiol groups is 1. The average Bonchev–Trinajstić information content (AvgIpc) is 2.15. The zero-order valence-electron chi connectivity index (χ0n) is 6.87. The molecule has 13 heavy (non-hydrogen) atoms. The standard InChI is InChI=1S/C10H8FNS/c11-10-4-3-9(7-12)8(6-10)2-1-5-13/h1-4,6,13H,5H2. The first-order valence-corrected chi connectivity index (χ1v) is 4.38. The fourth-order valence-corrected chi connectivity index (χ4v) is 1.06. The summed E-state index contributed by atoms with van der Waals surface area (Å²) in [7, 11) is 0. The molecule has 1 aromatic rings. The van der Waals surface area contributed by atoms with Crippen LogP contribution >= 0.6 is 12.6 Å². The van der Waals surface area contributed by atoms with Gasteiger partial charge in [-0.15, -0.1) is 0 Å². The Balaban J connectivity index is 3.10. The molecule has 0 aromatic heterocycles. The lowest BCUT2D eigenvalue weighted by molar-refractivity contribution is 0.627. The Morgan fingerprint density at radius 3 is 2.92 bits per heavy atom. The van der Waals surface area contributed by atoms with E-state index < -0.39 is 0 Å². The number of rotatable bonds is 2. The van der Waals surface area contributed by atoms with E-state index in [4.69, 9.17) is 5.26 Å². The summed E-state index contributed by atoms with van der Waals surface area (Å²) in [4.78, 5) is 0. The molecule has 0 amide bonds. The molecule has 0 saturated carbocycles. The highest BCUT2D eigenvalue weighted by Gasteiger charge is 1.99. The van der Waals surface area contributed by atoms with Crippen LogP contribution in [0.5, 0.6) is 0 Å². The number of nitriles is 1. The average molecular weight is 193 g/mol. The van der Waals surface area contributed by atoms with Crippen molar-refractivity contribution in [2.24, 2.45) is 0 Å². The highest BCUT2D eigenvalue weighted by molar-refractivity contribution is 7.80. The quantitative estimate of drug-likeness (QED) is 0.717. The summed E-state index contributed by atoms with van der Waals surface area (Å²) in [6, 6.07) is 6.06. The Bertz CT molecular complexity index is 366. The van der Waals surface area contributed by atoms with Crippen LogP contribution in [0.4, 0.5) is 4.39 Å². The highest BCUT2D eigenvalue weighted by Crippen LogP contribution is 2.12. The van der Waals surface area contributed by atoms with Crippen LogP contribution in [0.3, 0.4) is 0 Å². The van der Waals surface area contributed by atoms with Crippen molar-refractivity contribution in [3.63, 3.8) is 0 Å². The van der Waals surface area contributed by atoms with E-state index in [1.165, 1.54) is 18.2 Å². The van der Waals surface area contributed by atoms with Crippen LogP contribution in [0, 0.1) is 17.1 Å². The minimum atomic E-state index is -0.335. The maximum atomic E-state index is 12.7. The van der Waals surface area contributed by atoms with Crippen LogP contribution in [-0.4, -0.2) is 5.75 Å². The van der Waals surface area contributed by atoms with E-state index in [0.717, 1.165) is 0 Å². The molecule has 3 heteroatoms. The summed E-state index contributed by atoms with van der Waals surface area (Å²) in [5.41, 5.74) is 1.07. The first-order valence-electron chi connectivity index (χ1n) is 3.75. The SMILES string of the molecule is N#Cc1ccc(F)cc1C=CCS. The third-order valence-corrected chi connectivity index (χ3v) is 1.75. The maximum absolute atomic E-state index is 12.7. The van der Waals surface area contributed by atoms with Gasteiger partial charge in [0.25, 0.3) is 0 Å². The number of halogens is 1. The predicted molar refractivity (Wildman–Crippen MR) is 54.0 cm³/mol. The minimum Gasteiger partial charge on any atom is -0.207 e. The van der Waals surface area contributed by atoms with Gasteiger partial charge in [-0.25, -0.2) is 4.39 Å². The van der Waals surface area contributed by atoms with Crippen molar-refractivity contribution in [3.8, 4) is 6.07 Å². The topological polar surface area (TPSA) is 23.8 Å². The van der Waals surface area contributed by atoms with E-state index in [1.807, 2.05) is 6.07 Å². The highest BCUT2D eigenvalue weighted by atomic mass is 32.1. The van der Waals surface area contributed by atoms with Crippen LogP contribution in [0.15, 0.2) is 24.3 Å². The lowest BCUT2D eigenvalue weighted by Gasteiger charge is -1.96. The zero-order valence-corrected chi connectivity index (χ0v) is 7.76. The molecule has 1 rings (SSSR count). The van der Waals surface area contributed by atoms with Crippen LogP contribution in [-0.2, 0) is 0 Å². The first kappa shape index (κ1) is 9.82. The monoisotopic (exact) mass is 193 g/mol. The smallest absolute Gasteiger partial charge is 0.123 e. The van der Waals surface area contributed by atoms with Gasteiger partial charge in [0.15, 0.2) is 0 Å². The summed E-state index contributed by atoms with van der Waals surface area (Å²) in [6.45, 7) is 0. The number of hydrogen-bond acceptors (Lipinski definition) is 2. The molecule has 0 aliphatic rings. The summed E-state index contributed by atoms with van der Waals surface area (Å²) in [5, 5.41) is 8.68. The number of benzene rings is 1. The van der Waals surface area contributed by atoms with E-state index in [2.05, 4.69) is 12.6 Å². The van der Waals surface area contributed by atoms with Gasteiger partial charge in [-0.05, 0) is 23.8 Å². The van der Waals surface area contributed by atoms with Gasteiger partial charge < -0.3 is 0 Å². The van der Waals surface area contributed by atoms with Gasteiger partial charge in [0, 0.05) is 5.75 Å². The van der Waals surface area contributed by atoms with Crippen LogP contribution < -0.4 is 0 Å². The zero-order chi connectivity index (χ0) is 9.68. The van der Waals surface area contributed by atoms with Crippen molar-refractivity contribution >= 4 is 18.7 Å². The third kappa shape index (κ3) is 2.60. The largest absolute Gasteiger partial charge is 0.207 e. The molecule has 0 aliphatic carbocycles. The van der Waals surface area contributed by atoms with Crippen molar-refractivity contribution < 1.29 is 4.39 Å². The molecule has 0 N–H and O–H groups in total. The lowest BCUT2D eigenvalue weighted by Crippen LogP contribution is -1.84. The molecule has 0 bridgehead atoms. The molecule has 0 atom stereocenters. The summed E-state index contributed by atoms with van der Waals surface area (Å²) < 4.78 is 12.7. The summed E-state index contributed by atoms with van der Waals surface area (Å²) in [6.07, 6.45) is 3.45. The van der Waals surface area contributed by atoms with Gasteiger partial charge in [-0.2, -0.15) is 17.9 Å². The fraction of sp³-hybridized carbons (Fsp3) is 0.100. The van der Waals surface area contributed by atoms with Crippen LogP contribution in [0.25, 0.3) is 6.08 Å². The second-order valence-corrected chi connectivity index (χ2v) is 2.79. The summed E-state index contributed by atoms with van der Waals surface area (Å²) >= 11 is 3.98. The Hall–Kier alpha value is -1.27. The molecule has 1 nitrogen and oxygen atoms in total. The Morgan fingerprint density at radius 1 is 1.54 bits per heavy atom. The van der Waals surface area contributed by atoms with Gasteiger partial charge in [-0.3, -0.25) is 0 Å². The minimum absolute atomic E-state index is 0.335. The maximum Gasteiger partial charge on any atom is 0.123 e. The third-order valence-electron chi connectivity index (χ3n) is 1.54. The molecule has 1 aromatic carbocycles. The second-order valence-electron chi connectivity index (χ2n) is 2.43. The molecule has 0 saturated heterocycles. The van der Waals surface area contributed by atoms with E-state index in [9.17, 15) is 4.39 Å². The molecule has 66 valence electrons. The van der Waals surface area contributed by atoms with Crippen molar-refractivity contribution in [1.82, 2.24) is 0 Å². The molecule has 0 unspecified atom stereocenters. The van der Waals surface area contributed by atoms with E-state index in [0.29, 0.717) is 16.9 Å². The molecule has 0 aliphatic heterocycles. The predicted octanol–water partition coefficient (Wildman–Crippen LogP) is 2.64. The van der Waals surface area contributed by atoms with Crippen molar-refractivity contribution in [2.75, 3.05) is 5.75 Å². The number of hydrogen-bond donors (Lipinski definition) is 1. The van der Waals surface area contributed by atoms with Gasteiger partial charge in [0.05, 0.1) is 11.6 Å². The number of nitrogens with zero attached hydrogens (tertiary/aromatic N) is 1. The lowest BCUT2D eigenvalue weighted by atomic mass is 10.1. The van der Waals surface area contributed by atoms with Crippen molar-refractivity contribution in [2.45, 2.75) is 0 Å². The Kier molecular flexibility index (Phi) is 3.53. The summed E-state index contributed by atoms with van der Waals surface area (Å²) in [5.74, 6) is 0.235. The normalized spacial score (nSPS) is 10.2. The van der Waals surface area contributed by atoms with Gasteiger partial charge in [0.1, 0.15) is 5.82 Å². The molecule has 0 spiro atoms. The van der Waals surface area contributed by atoms with E-state index in [1.54, 1.807) is 12.2 Å². The molecular formula is C10H8FNS. The fourth-order valence-electron chi connectivity index (χ4n) is 0.953. The Labute approximate surface area is 81.9 Å². The molecular weight excluding hydrogens is 185 g/mol. The first-order chi connectivity index (χ1) is 6.27. The van der Waals surface area contributed by atoms with Crippen LogP contribution in [0.2, 0.25) is 0 Å². The van der Waals surface area contributed by atoms with Gasteiger partial charge in [-0.1, -0.05) is 12.2 Å². The van der Waals surface area contributed by atoms with E-state index >= 15 is 0 Å². The molecule has 0 fully saturated rings. The van der Waals surface area contributed by atoms with E-state index in [-0.39, 0.29) is 5.82 Å².